The van der Waals surface area contributed by atoms with Crippen LogP contribution in [0.15, 0.2) is 45.8 Å². The van der Waals surface area contributed by atoms with Crippen molar-refractivity contribution < 1.29 is 28.2 Å². The Kier molecular flexibility index (Phi) is 5.27. The molecule has 2 amide bonds. The second-order valence-corrected chi connectivity index (χ2v) is 7.71. The van der Waals surface area contributed by atoms with Crippen molar-refractivity contribution in [3.63, 3.8) is 0 Å². The first-order chi connectivity index (χ1) is 13.5. The summed E-state index contributed by atoms with van der Waals surface area (Å²) in [4.78, 5) is 26.2. The quantitative estimate of drug-likeness (QED) is 0.608. The van der Waals surface area contributed by atoms with Crippen molar-refractivity contribution in [2.75, 3.05) is 19.9 Å². The Morgan fingerprint density at radius 3 is 2.64 bits per heavy atom. The van der Waals surface area contributed by atoms with E-state index < -0.39 is 0 Å². The van der Waals surface area contributed by atoms with Crippen LogP contribution >= 0.6 is 27.7 Å². The average molecular weight is 466 g/mol. The normalized spacial score (nSPS) is 16.9. The van der Waals surface area contributed by atoms with Crippen molar-refractivity contribution in [1.29, 1.82) is 0 Å². The number of hydrogen-bond acceptors (Lipinski definition) is 6. The molecule has 0 spiro atoms. The Bertz CT molecular complexity index is 979. The van der Waals surface area contributed by atoms with Crippen LogP contribution in [0.1, 0.15) is 5.56 Å². The molecule has 2 heterocycles. The summed E-state index contributed by atoms with van der Waals surface area (Å²) in [5, 5.41) is -0.365. The van der Waals surface area contributed by atoms with Gasteiger partial charge in [0, 0.05) is 4.47 Å². The minimum atomic E-state index is -0.387. The molecule has 0 radical (unpaired) electrons. The molecule has 144 valence electrons. The SMILES string of the molecule is O=C1S/C(=C\c2cc3c(cc2Br)OCO3)C(=O)N1CCOc1ccc(F)cc1. The molecule has 1 saturated heterocycles. The van der Waals surface area contributed by atoms with Crippen LogP contribution in [-0.4, -0.2) is 36.0 Å². The molecule has 9 heteroatoms. The molecule has 4 rings (SSSR count). The van der Waals surface area contributed by atoms with E-state index >= 15 is 0 Å². The highest BCUT2D eigenvalue weighted by atomic mass is 79.9. The van der Waals surface area contributed by atoms with Gasteiger partial charge >= 0.3 is 0 Å². The first-order valence-electron chi connectivity index (χ1n) is 8.24. The van der Waals surface area contributed by atoms with Crippen LogP contribution in [-0.2, 0) is 4.79 Å². The summed E-state index contributed by atoms with van der Waals surface area (Å²) in [7, 11) is 0. The minimum absolute atomic E-state index is 0.0989. The van der Waals surface area contributed by atoms with E-state index in [0.717, 1.165) is 21.1 Å². The van der Waals surface area contributed by atoms with Crippen molar-refractivity contribution in [2.45, 2.75) is 0 Å². The van der Waals surface area contributed by atoms with Gasteiger partial charge in [-0.3, -0.25) is 14.5 Å². The lowest BCUT2D eigenvalue weighted by Gasteiger charge is -2.13. The number of hydrogen-bond donors (Lipinski definition) is 0. The molecule has 2 aromatic rings. The van der Waals surface area contributed by atoms with E-state index in [0.29, 0.717) is 27.7 Å². The van der Waals surface area contributed by atoms with E-state index in [-0.39, 0.29) is 36.9 Å². The zero-order valence-corrected chi connectivity index (χ0v) is 16.7. The molecule has 28 heavy (non-hydrogen) atoms. The summed E-state index contributed by atoms with van der Waals surface area (Å²) in [5.74, 6) is 0.921. The maximum atomic E-state index is 12.9. The topological polar surface area (TPSA) is 65.1 Å². The lowest BCUT2D eigenvalue weighted by molar-refractivity contribution is -0.123. The Morgan fingerprint density at radius 1 is 1.18 bits per heavy atom. The van der Waals surface area contributed by atoms with Crippen molar-refractivity contribution in [3.8, 4) is 17.2 Å². The Balaban J connectivity index is 1.43. The van der Waals surface area contributed by atoms with Crippen LogP contribution < -0.4 is 14.2 Å². The Labute approximate surface area is 172 Å². The summed E-state index contributed by atoms with van der Waals surface area (Å²) in [5.41, 5.74) is 0.706. The van der Waals surface area contributed by atoms with Crippen LogP contribution in [0.4, 0.5) is 9.18 Å². The maximum Gasteiger partial charge on any atom is 0.293 e. The Hall–Kier alpha value is -2.52. The van der Waals surface area contributed by atoms with Gasteiger partial charge in [0.25, 0.3) is 11.1 Å². The van der Waals surface area contributed by atoms with Gasteiger partial charge in [-0.25, -0.2) is 4.39 Å². The maximum absolute atomic E-state index is 12.9. The van der Waals surface area contributed by atoms with Gasteiger partial charge in [-0.15, -0.1) is 0 Å². The molecule has 0 N–H and O–H groups in total. The van der Waals surface area contributed by atoms with E-state index in [9.17, 15) is 14.0 Å². The first kappa shape index (κ1) is 18.8. The molecule has 1 fully saturated rings. The van der Waals surface area contributed by atoms with Gasteiger partial charge in [0.15, 0.2) is 11.5 Å². The largest absolute Gasteiger partial charge is 0.492 e. The van der Waals surface area contributed by atoms with Crippen LogP contribution in [0, 0.1) is 5.82 Å². The summed E-state index contributed by atoms with van der Waals surface area (Å²) in [6.45, 7) is 0.363. The van der Waals surface area contributed by atoms with Crippen molar-refractivity contribution in [1.82, 2.24) is 4.90 Å². The number of imide groups is 1. The molecule has 6 nitrogen and oxygen atoms in total. The standard InChI is InChI=1S/C19H13BrFNO5S/c20-14-9-16-15(26-10-27-16)7-11(14)8-17-18(23)22(19(24)28-17)5-6-25-13-3-1-12(21)2-4-13/h1-4,7-9H,5-6,10H2/b17-8-. The van der Waals surface area contributed by atoms with E-state index in [1.165, 1.54) is 24.3 Å². The fourth-order valence-electron chi connectivity index (χ4n) is 2.66. The first-order valence-corrected chi connectivity index (χ1v) is 9.85. The van der Waals surface area contributed by atoms with E-state index in [4.69, 9.17) is 14.2 Å². The summed E-state index contributed by atoms with van der Waals surface area (Å²) in [6, 6.07) is 9.04. The third-order valence-electron chi connectivity index (χ3n) is 4.05. The molecule has 2 aliphatic heterocycles. The van der Waals surface area contributed by atoms with Crippen LogP contribution in [0.5, 0.6) is 17.2 Å². The highest BCUT2D eigenvalue weighted by Crippen LogP contribution is 2.39. The third-order valence-corrected chi connectivity index (χ3v) is 5.64. The number of halogens is 2. The second kappa shape index (κ2) is 7.84. The molecule has 0 atom stereocenters. The fraction of sp³-hybridized carbons (Fsp3) is 0.158. The lowest BCUT2D eigenvalue weighted by Crippen LogP contribution is -2.32. The molecule has 0 aliphatic carbocycles. The molecule has 2 aliphatic rings. The van der Waals surface area contributed by atoms with Crippen molar-refractivity contribution >= 4 is 44.9 Å². The van der Waals surface area contributed by atoms with Crippen molar-refractivity contribution in [2.24, 2.45) is 0 Å². The number of rotatable bonds is 5. The van der Waals surface area contributed by atoms with Gasteiger partial charge in [0.1, 0.15) is 18.2 Å². The fourth-order valence-corrected chi connectivity index (χ4v) is 3.96. The zero-order chi connectivity index (χ0) is 19.7. The summed E-state index contributed by atoms with van der Waals surface area (Å²) < 4.78 is 29.7. The second-order valence-electron chi connectivity index (χ2n) is 5.86. The smallest absolute Gasteiger partial charge is 0.293 e. The molecular formula is C19H13BrFNO5S. The van der Waals surface area contributed by atoms with E-state index in [1.54, 1.807) is 18.2 Å². The predicted molar refractivity (Wildman–Crippen MR) is 105 cm³/mol. The number of fused-ring (bicyclic) bond motifs is 1. The highest BCUT2D eigenvalue weighted by molar-refractivity contribution is 9.10. The molecule has 0 unspecified atom stereocenters. The van der Waals surface area contributed by atoms with Gasteiger partial charge in [-0.2, -0.15) is 0 Å². The minimum Gasteiger partial charge on any atom is -0.492 e. The van der Waals surface area contributed by atoms with Gasteiger partial charge in [-0.1, -0.05) is 15.9 Å². The average Bonchev–Trinajstić information content (AvgIpc) is 3.22. The lowest BCUT2D eigenvalue weighted by atomic mass is 10.2. The van der Waals surface area contributed by atoms with E-state index in [1.807, 2.05) is 0 Å². The predicted octanol–water partition coefficient (Wildman–Crippen LogP) is 4.43. The summed E-state index contributed by atoms with van der Waals surface area (Å²) in [6.07, 6.45) is 1.64. The van der Waals surface area contributed by atoms with Crippen LogP contribution in [0.25, 0.3) is 6.08 Å². The monoisotopic (exact) mass is 465 g/mol. The van der Waals surface area contributed by atoms with Gasteiger partial charge < -0.3 is 14.2 Å². The van der Waals surface area contributed by atoms with Gasteiger partial charge in [0.05, 0.1) is 11.4 Å². The number of thioether (sulfide) groups is 1. The van der Waals surface area contributed by atoms with E-state index in [2.05, 4.69) is 15.9 Å². The number of carbonyl (C=O) groups is 2. The Morgan fingerprint density at radius 2 is 1.89 bits per heavy atom. The number of amides is 2. The highest BCUT2D eigenvalue weighted by Gasteiger charge is 2.35. The van der Waals surface area contributed by atoms with Gasteiger partial charge in [0.2, 0.25) is 6.79 Å². The third kappa shape index (κ3) is 3.85. The van der Waals surface area contributed by atoms with Crippen LogP contribution in [0.2, 0.25) is 0 Å². The number of carbonyl (C=O) groups excluding carboxylic acids is 2. The molecule has 0 bridgehead atoms. The molecule has 0 aromatic heterocycles. The zero-order valence-electron chi connectivity index (χ0n) is 14.3. The molecule has 2 aromatic carbocycles. The number of nitrogens with zero attached hydrogens (tertiary/aromatic N) is 1. The number of benzene rings is 2. The molecule has 0 saturated carbocycles. The van der Waals surface area contributed by atoms with Crippen LogP contribution in [0.3, 0.4) is 0 Å². The van der Waals surface area contributed by atoms with Crippen molar-refractivity contribution in [3.05, 3.63) is 57.2 Å². The summed E-state index contributed by atoms with van der Waals surface area (Å²) >= 11 is 4.30. The number of ether oxygens (including phenoxy) is 3. The van der Waals surface area contributed by atoms with Gasteiger partial charge in [-0.05, 0) is 59.8 Å². The molecular weight excluding hydrogens is 453 g/mol.